The second-order valence-electron chi connectivity index (χ2n) is 6.99. The van der Waals surface area contributed by atoms with E-state index < -0.39 is 26.0 Å². The zero-order valence-corrected chi connectivity index (χ0v) is 19.5. The summed E-state index contributed by atoms with van der Waals surface area (Å²) >= 11 is 5.81. The number of hydrogen-bond acceptors (Lipinski definition) is 5. The van der Waals surface area contributed by atoms with E-state index in [1.807, 2.05) is 0 Å². The van der Waals surface area contributed by atoms with Crippen LogP contribution < -0.4 is 14.8 Å². The first-order chi connectivity index (χ1) is 14.9. The van der Waals surface area contributed by atoms with Crippen LogP contribution in [0.2, 0.25) is 5.02 Å². The average Bonchev–Trinajstić information content (AvgIpc) is 2.70. The van der Waals surface area contributed by atoms with Crippen molar-refractivity contribution in [3.05, 3.63) is 82.9 Å². The predicted molar refractivity (Wildman–Crippen MR) is 126 cm³/mol. The highest BCUT2D eigenvalue weighted by molar-refractivity contribution is 7.92. The van der Waals surface area contributed by atoms with Gasteiger partial charge in [0.05, 0.1) is 16.8 Å². The van der Waals surface area contributed by atoms with Crippen molar-refractivity contribution in [3.63, 3.8) is 0 Å². The second kappa shape index (κ2) is 9.19. The smallest absolute Gasteiger partial charge is 0.261 e. The molecule has 0 saturated carbocycles. The van der Waals surface area contributed by atoms with Crippen LogP contribution >= 0.6 is 11.6 Å². The fraction of sp³-hybridized carbons (Fsp3) is 0.0952. The Balaban J connectivity index is 1.73. The van der Waals surface area contributed by atoms with Crippen LogP contribution in [0.1, 0.15) is 15.9 Å². The van der Waals surface area contributed by atoms with E-state index >= 15 is 0 Å². The molecule has 1 amide bonds. The van der Waals surface area contributed by atoms with Gasteiger partial charge in [0.15, 0.2) is 0 Å². The summed E-state index contributed by atoms with van der Waals surface area (Å²) in [7, 11) is -7.32. The molecule has 0 atom stereocenters. The van der Waals surface area contributed by atoms with Gasteiger partial charge >= 0.3 is 0 Å². The number of carbonyl (C=O) groups is 1. The van der Waals surface area contributed by atoms with Gasteiger partial charge in [-0.1, -0.05) is 17.7 Å². The van der Waals surface area contributed by atoms with E-state index in [1.165, 1.54) is 30.3 Å². The molecule has 3 aromatic carbocycles. The average molecular weight is 494 g/mol. The highest BCUT2D eigenvalue weighted by Crippen LogP contribution is 2.22. The maximum Gasteiger partial charge on any atom is 0.261 e. The topological polar surface area (TPSA) is 121 Å². The maximum absolute atomic E-state index is 12.6. The Hall–Kier alpha value is -3.08. The van der Waals surface area contributed by atoms with Crippen molar-refractivity contribution in [3.8, 4) is 0 Å². The quantitative estimate of drug-likeness (QED) is 0.458. The SMILES string of the molecule is Cc1ccc(C(=O)Nc2ccc(S(=O)(=O)Nc3ccc(Cl)cc3)cc2)cc1NS(C)(=O)=O. The zero-order valence-electron chi connectivity index (χ0n) is 17.1. The Morgan fingerprint density at radius 3 is 2.00 bits per heavy atom. The van der Waals surface area contributed by atoms with Gasteiger partial charge in [-0.15, -0.1) is 0 Å². The van der Waals surface area contributed by atoms with Gasteiger partial charge in [-0.3, -0.25) is 14.2 Å². The first-order valence-corrected chi connectivity index (χ1v) is 13.0. The molecule has 11 heteroatoms. The highest BCUT2D eigenvalue weighted by Gasteiger charge is 2.15. The Morgan fingerprint density at radius 1 is 0.812 bits per heavy atom. The minimum atomic E-state index is -3.82. The van der Waals surface area contributed by atoms with Crippen molar-refractivity contribution in [1.29, 1.82) is 0 Å². The Morgan fingerprint density at radius 2 is 1.41 bits per heavy atom. The van der Waals surface area contributed by atoms with E-state index in [0.29, 0.717) is 27.6 Å². The molecule has 3 rings (SSSR count). The summed E-state index contributed by atoms with van der Waals surface area (Å²) in [6.07, 6.45) is 1.02. The first-order valence-electron chi connectivity index (χ1n) is 9.21. The van der Waals surface area contributed by atoms with Crippen molar-refractivity contribution in [2.75, 3.05) is 21.0 Å². The van der Waals surface area contributed by atoms with Gasteiger partial charge in [0.25, 0.3) is 15.9 Å². The number of rotatable bonds is 7. The van der Waals surface area contributed by atoms with Crippen molar-refractivity contribution in [1.82, 2.24) is 0 Å². The van der Waals surface area contributed by atoms with Crippen LogP contribution in [0.4, 0.5) is 17.1 Å². The molecule has 0 bridgehead atoms. The second-order valence-corrected chi connectivity index (χ2v) is 10.9. The maximum atomic E-state index is 12.6. The number of amides is 1. The van der Waals surface area contributed by atoms with Gasteiger partial charge in [-0.05, 0) is 73.2 Å². The lowest BCUT2D eigenvalue weighted by Gasteiger charge is -2.11. The molecule has 0 spiro atoms. The molecule has 0 unspecified atom stereocenters. The number of aryl methyl sites for hydroxylation is 1. The Bertz CT molecular complexity index is 1360. The molecule has 3 N–H and O–H groups in total. The van der Waals surface area contributed by atoms with Gasteiger partial charge < -0.3 is 5.32 Å². The summed E-state index contributed by atoms with van der Waals surface area (Å²) in [4.78, 5) is 12.6. The molecule has 0 aliphatic rings. The number of benzene rings is 3. The monoisotopic (exact) mass is 493 g/mol. The van der Waals surface area contributed by atoms with Gasteiger partial charge in [-0.2, -0.15) is 0 Å². The van der Waals surface area contributed by atoms with Crippen molar-refractivity contribution >= 4 is 54.6 Å². The molecule has 32 heavy (non-hydrogen) atoms. The van der Waals surface area contributed by atoms with Crippen LogP contribution in [-0.2, 0) is 20.0 Å². The first kappa shape index (κ1) is 23.6. The fourth-order valence-corrected chi connectivity index (χ4v) is 4.53. The molecule has 168 valence electrons. The van der Waals surface area contributed by atoms with E-state index in [4.69, 9.17) is 11.6 Å². The lowest BCUT2D eigenvalue weighted by atomic mass is 10.1. The lowest BCUT2D eigenvalue weighted by Crippen LogP contribution is -2.15. The standard InChI is InChI=1S/C21H20ClN3O5S2/c1-14-3-4-15(13-20(14)25-31(2,27)28)21(26)23-17-9-11-19(12-10-17)32(29,30)24-18-7-5-16(22)6-8-18/h3-13,24-25H,1-2H3,(H,23,26). The predicted octanol–water partition coefficient (Wildman–Crippen LogP) is 4.07. The minimum absolute atomic E-state index is 0.0143. The normalized spacial score (nSPS) is 11.6. The molecule has 0 saturated heterocycles. The molecule has 3 aromatic rings. The number of sulfonamides is 2. The zero-order chi connectivity index (χ0) is 23.5. The Labute approximate surface area is 191 Å². The van der Waals surface area contributed by atoms with Crippen LogP contribution in [0.15, 0.2) is 71.6 Å². The summed E-state index contributed by atoms with van der Waals surface area (Å²) in [6, 6.07) is 16.5. The van der Waals surface area contributed by atoms with Crippen LogP contribution in [0, 0.1) is 6.92 Å². The van der Waals surface area contributed by atoms with Crippen molar-refractivity contribution in [2.45, 2.75) is 11.8 Å². The summed E-state index contributed by atoms with van der Waals surface area (Å²) in [5.74, 6) is -0.476. The van der Waals surface area contributed by atoms with E-state index in [1.54, 1.807) is 43.3 Å². The van der Waals surface area contributed by atoms with Gasteiger partial charge in [0.2, 0.25) is 10.0 Å². The molecular formula is C21H20ClN3O5S2. The molecule has 0 heterocycles. The molecule has 0 aliphatic carbocycles. The van der Waals surface area contributed by atoms with Gasteiger partial charge in [0, 0.05) is 22.0 Å². The third-order valence-electron chi connectivity index (χ3n) is 4.31. The number of anilines is 3. The molecule has 0 fully saturated rings. The van der Waals surface area contributed by atoms with E-state index in [2.05, 4.69) is 14.8 Å². The highest BCUT2D eigenvalue weighted by atomic mass is 35.5. The van der Waals surface area contributed by atoms with E-state index in [-0.39, 0.29) is 10.5 Å². The molecule has 0 aromatic heterocycles. The van der Waals surface area contributed by atoms with E-state index in [9.17, 15) is 21.6 Å². The lowest BCUT2D eigenvalue weighted by molar-refractivity contribution is 0.102. The van der Waals surface area contributed by atoms with Crippen molar-refractivity contribution in [2.24, 2.45) is 0 Å². The summed E-state index contributed by atoms with van der Waals surface area (Å²) in [5.41, 5.74) is 1.94. The third-order valence-corrected chi connectivity index (χ3v) is 6.55. The summed E-state index contributed by atoms with van der Waals surface area (Å²) in [5, 5.41) is 3.14. The molecule has 8 nitrogen and oxygen atoms in total. The van der Waals surface area contributed by atoms with Gasteiger partial charge in [-0.25, -0.2) is 16.8 Å². The molecule has 0 radical (unpaired) electrons. The molecular weight excluding hydrogens is 474 g/mol. The van der Waals surface area contributed by atoms with Crippen LogP contribution in [0.5, 0.6) is 0 Å². The fourth-order valence-electron chi connectivity index (χ4n) is 2.73. The van der Waals surface area contributed by atoms with Crippen LogP contribution in [-0.4, -0.2) is 29.0 Å². The van der Waals surface area contributed by atoms with Gasteiger partial charge in [0.1, 0.15) is 0 Å². The number of halogens is 1. The van der Waals surface area contributed by atoms with Crippen molar-refractivity contribution < 1.29 is 21.6 Å². The number of hydrogen-bond donors (Lipinski definition) is 3. The number of carbonyl (C=O) groups excluding carboxylic acids is 1. The largest absolute Gasteiger partial charge is 0.322 e. The third kappa shape index (κ3) is 6.22. The van der Waals surface area contributed by atoms with E-state index in [0.717, 1.165) is 6.26 Å². The summed E-state index contributed by atoms with van der Waals surface area (Å²) < 4.78 is 52.9. The number of nitrogens with one attached hydrogen (secondary N) is 3. The van der Waals surface area contributed by atoms with Crippen LogP contribution in [0.25, 0.3) is 0 Å². The minimum Gasteiger partial charge on any atom is -0.322 e. The summed E-state index contributed by atoms with van der Waals surface area (Å²) in [6.45, 7) is 1.71. The molecule has 0 aliphatic heterocycles. The Kier molecular flexibility index (Phi) is 6.77. The van der Waals surface area contributed by atoms with Crippen LogP contribution in [0.3, 0.4) is 0 Å².